The molecule has 8 heteroatoms. The molecule has 0 spiro atoms. The van der Waals surface area contributed by atoms with Gasteiger partial charge in [0.25, 0.3) is 5.91 Å². The predicted octanol–water partition coefficient (Wildman–Crippen LogP) is 2.79. The van der Waals surface area contributed by atoms with Crippen LogP contribution in [-0.4, -0.2) is 42.7 Å². The van der Waals surface area contributed by atoms with Gasteiger partial charge in [-0.25, -0.2) is 4.39 Å². The quantitative estimate of drug-likeness (QED) is 0.684. The minimum absolute atomic E-state index is 0.235. The summed E-state index contributed by atoms with van der Waals surface area (Å²) in [5.74, 6) is -0.581. The fraction of sp³-hybridized carbons (Fsp3) is 0.294. The minimum Gasteiger partial charge on any atom is -0.354 e. The molecule has 0 fully saturated rings. The van der Waals surface area contributed by atoms with E-state index in [1.165, 1.54) is 31.6 Å². The first kappa shape index (κ1) is 17.5. The maximum atomic E-state index is 14.1. The topological polar surface area (TPSA) is 65.4 Å². The summed E-state index contributed by atoms with van der Waals surface area (Å²) in [7, 11) is 4.79. The van der Waals surface area contributed by atoms with Gasteiger partial charge in [-0.3, -0.25) is 9.48 Å². The molecule has 3 aromatic rings. The van der Waals surface area contributed by atoms with Crippen LogP contribution >= 0.6 is 11.3 Å². The van der Waals surface area contributed by atoms with Crippen LogP contribution in [0.3, 0.4) is 0 Å². The Morgan fingerprint density at radius 2 is 2.08 bits per heavy atom. The van der Waals surface area contributed by atoms with E-state index in [4.69, 9.17) is 9.47 Å². The second kappa shape index (κ2) is 7.30. The van der Waals surface area contributed by atoms with Gasteiger partial charge in [-0.05, 0) is 18.2 Å². The monoisotopic (exact) mass is 363 g/mol. The van der Waals surface area contributed by atoms with Crippen molar-refractivity contribution < 1.29 is 18.7 Å². The maximum Gasteiger partial charge on any atom is 0.261 e. The zero-order chi connectivity index (χ0) is 18.0. The Balaban J connectivity index is 1.92. The van der Waals surface area contributed by atoms with E-state index in [0.29, 0.717) is 16.1 Å². The van der Waals surface area contributed by atoms with Crippen molar-refractivity contribution >= 4 is 27.5 Å². The lowest BCUT2D eigenvalue weighted by atomic mass is 10.1. The zero-order valence-corrected chi connectivity index (χ0v) is 14.9. The average molecular weight is 363 g/mol. The molecule has 1 amide bonds. The van der Waals surface area contributed by atoms with Crippen molar-refractivity contribution in [3.8, 4) is 11.3 Å². The highest BCUT2D eigenvalue weighted by Gasteiger charge is 2.20. The number of benzene rings is 1. The Morgan fingerprint density at radius 3 is 2.76 bits per heavy atom. The summed E-state index contributed by atoms with van der Waals surface area (Å²) in [6.07, 6.45) is -0.506. The number of hydrogen-bond acceptors (Lipinski definition) is 5. The number of hydrogen-bond donors (Lipinski definition) is 1. The Hall–Kier alpha value is -2.29. The highest BCUT2D eigenvalue weighted by atomic mass is 32.1. The second-order valence-corrected chi connectivity index (χ2v) is 6.42. The molecule has 0 saturated carbocycles. The molecule has 2 aromatic heterocycles. The molecule has 0 radical (unpaired) electrons. The molecule has 0 unspecified atom stereocenters. The Bertz CT molecular complexity index is 902. The van der Waals surface area contributed by atoms with Crippen LogP contribution in [0.15, 0.2) is 30.3 Å². The molecule has 0 aliphatic carbocycles. The Morgan fingerprint density at radius 1 is 1.36 bits per heavy atom. The van der Waals surface area contributed by atoms with E-state index in [-0.39, 0.29) is 18.3 Å². The molecule has 1 N–H and O–H groups in total. The normalized spacial score (nSPS) is 11.4. The first-order chi connectivity index (χ1) is 12.0. The molecular weight excluding hydrogens is 345 g/mol. The van der Waals surface area contributed by atoms with E-state index in [2.05, 4.69) is 10.4 Å². The zero-order valence-electron chi connectivity index (χ0n) is 14.1. The highest BCUT2D eigenvalue weighted by Crippen LogP contribution is 2.34. The summed E-state index contributed by atoms with van der Waals surface area (Å²) in [6, 6.07) is 8.20. The third kappa shape index (κ3) is 3.41. The van der Waals surface area contributed by atoms with E-state index < -0.39 is 6.29 Å². The molecule has 0 saturated heterocycles. The summed E-state index contributed by atoms with van der Waals surface area (Å²) in [5.41, 5.74) is 0.939. The average Bonchev–Trinajstić information content (AvgIpc) is 3.17. The van der Waals surface area contributed by atoms with Gasteiger partial charge in [0.1, 0.15) is 16.3 Å². The van der Waals surface area contributed by atoms with Gasteiger partial charge in [0.05, 0.1) is 11.4 Å². The molecular formula is C17H18FN3O3S. The predicted molar refractivity (Wildman–Crippen MR) is 94.1 cm³/mol. The van der Waals surface area contributed by atoms with Crippen molar-refractivity contribution in [3.05, 3.63) is 41.0 Å². The summed E-state index contributed by atoms with van der Waals surface area (Å²) in [4.78, 5) is 13.7. The van der Waals surface area contributed by atoms with Crippen LogP contribution < -0.4 is 5.32 Å². The largest absolute Gasteiger partial charge is 0.354 e. The Labute approximate surface area is 148 Å². The van der Waals surface area contributed by atoms with E-state index in [1.54, 1.807) is 36.0 Å². The summed E-state index contributed by atoms with van der Waals surface area (Å²) in [6.45, 7) is 0.235. The van der Waals surface area contributed by atoms with Crippen molar-refractivity contribution in [2.24, 2.45) is 7.05 Å². The van der Waals surface area contributed by atoms with Crippen LogP contribution in [0, 0.1) is 5.82 Å². The highest BCUT2D eigenvalue weighted by molar-refractivity contribution is 7.20. The summed E-state index contributed by atoms with van der Waals surface area (Å²) in [5, 5.41) is 7.90. The van der Waals surface area contributed by atoms with E-state index in [0.717, 1.165) is 10.2 Å². The van der Waals surface area contributed by atoms with Gasteiger partial charge < -0.3 is 14.8 Å². The number of amides is 1. The number of thiophene rings is 1. The molecule has 2 heterocycles. The SMILES string of the molecule is COC(CNC(=O)c1cc2c(-c3ccccc3F)nn(C)c2s1)OC. The van der Waals surface area contributed by atoms with Crippen LogP contribution in [-0.2, 0) is 16.5 Å². The molecule has 1 aromatic carbocycles. The third-order valence-electron chi connectivity index (χ3n) is 3.82. The van der Waals surface area contributed by atoms with Gasteiger partial charge >= 0.3 is 0 Å². The molecule has 6 nitrogen and oxygen atoms in total. The van der Waals surface area contributed by atoms with Gasteiger partial charge in [-0.1, -0.05) is 12.1 Å². The summed E-state index contributed by atoms with van der Waals surface area (Å²) >= 11 is 1.30. The molecule has 0 atom stereocenters. The van der Waals surface area contributed by atoms with E-state index in [1.807, 2.05) is 0 Å². The number of carbonyl (C=O) groups excluding carboxylic acids is 1. The lowest BCUT2D eigenvalue weighted by Crippen LogP contribution is -2.33. The number of aryl methyl sites for hydroxylation is 1. The molecule has 0 aliphatic rings. The molecule has 3 rings (SSSR count). The number of rotatable bonds is 6. The van der Waals surface area contributed by atoms with Crippen LogP contribution in [0.2, 0.25) is 0 Å². The number of methoxy groups -OCH3 is 2. The lowest BCUT2D eigenvalue weighted by molar-refractivity contribution is -0.0974. The van der Waals surface area contributed by atoms with Crippen molar-refractivity contribution in [3.63, 3.8) is 0 Å². The van der Waals surface area contributed by atoms with Gasteiger partial charge in [0.15, 0.2) is 6.29 Å². The molecule has 0 aliphatic heterocycles. The van der Waals surface area contributed by atoms with E-state index in [9.17, 15) is 9.18 Å². The number of nitrogens with zero attached hydrogens (tertiary/aromatic N) is 2. The smallest absolute Gasteiger partial charge is 0.261 e. The standard InChI is InChI=1S/C17H18FN3O3S/c1-21-17-11(15(20-21)10-6-4-5-7-12(10)18)8-13(25-17)16(22)19-9-14(23-2)24-3/h4-8,14H,9H2,1-3H3,(H,19,22). The number of aromatic nitrogens is 2. The maximum absolute atomic E-state index is 14.1. The van der Waals surface area contributed by atoms with Gasteiger partial charge in [-0.15, -0.1) is 11.3 Å². The fourth-order valence-corrected chi connectivity index (χ4v) is 3.52. The van der Waals surface area contributed by atoms with E-state index >= 15 is 0 Å². The van der Waals surface area contributed by atoms with Gasteiger partial charge in [-0.2, -0.15) is 5.10 Å². The van der Waals surface area contributed by atoms with Crippen molar-refractivity contribution in [2.45, 2.75) is 6.29 Å². The fourth-order valence-electron chi connectivity index (χ4n) is 2.53. The first-order valence-corrected chi connectivity index (χ1v) is 8.42. The van der Waals surface area contributed by atoms with Crippen molar-refractivity contribution in [1.29, 1.82) is 0 Å². The second-order valence-electron chi connectivity index (χ2n) is 5.39. The van der Waals surface area contributed by atoms with Crippen LogP contribution in [0.1, 0.15) is 9.67 Å². The number of halogens is 1. The molecule has 25 heavy (non-hydrogen) atoms. The number of carbonyl (C=O) groups is 1. The van der Waals surface area contributed by atoms with Crippen LogP contribution in [0.5, 0.6) is 0 Å². The lowest BCUT2D eigenvalue weighted by Gasteiger charge is -2.13. The van der Waals surface area contributed by atoms with Gasteiger partial charge in [0, 0.05) is 32.2 Å². The minimum atomic E-state index is -0.506. The van der Waals surface area contributed by atoms with Gasteiger partial charge in [0.2, 0.25) is 0 Å². The molecule has 132 valence electrons. The number of fused-ring (bicyclic) bond motifs is 1. The van der Waals surface area contributed by atoms with Crippen LogP contribution in [0.25, 0.3) is 21.5 Å². The number of nitrogens with one attached hydrogen (secondary N) is 1. The molecule has 0 bridgehead atoms. The summed E-state index contributed by atoms with van der Waals surface area (Å²) < 4.78 is 25.9. The number of ether oxygens (including phenoxy) is 2. The first-order valence-electron chi connectivity index (χ1n) is 7.60. The Kier molecular flexibility index (Phi) is 5.12. The third-order valence-corrected chi connectivity index (χ3v) is 5.02. The van der Waals surface area contributed by atoms with Crippen molar-refractivity contribution in [2.75, 3.05) is 20.8 Å². The van der Waals surface area contributed by atoms with Crippen LogP contribution in [0.4, 0.5) is 4.39 Å². The van der Waals surface area contributed by atoms with Crippen molar-refractivity contribution in [1.82, 2.24) is 15.1 Å².